The van der Waals surface area contributed by atoms with Gasteiger partial charge in [-0.05, 0) is 18.6 Å². The number of carbonyl (C=O) groups excluding carboxylic acids is 1. The predicted molar refractivity (Wildman–Crippen MR) is 123 cm³/mol. The molecule has 32 heavy (non-hydrogen) atoms. The van der Waals surface area contributed by atoms with Gasteiger partial charge in [0, 0.05) is 23.6 Å². The number of para-hydroxylation sites is 1. The van der Waals surface area contributed by atoms with Crippen LogP contribution in [0.25, 0.3) is 21.9 Å². The van der Waals surface area contributed by atoms with Gasteiger partial charge in [0.05, 0.1) is 24.8 Å². The molecule has 2 N–H and O–H groups in total. The number of nitrogens with one attached hydrogen (secondary N) is 2. The van der Waals surface area contributed by atoms with Crippen LogP contribution in [-0.4, -0.2) is 36.8 Å². The molecule has 0 fully saturated rings. The van der Waals surface area contributed by atoms with Crippen molar-refractivity contribution in [2.45, 2.75) is 20.0 Å². The smallest absolute Gasteiger partial charge is 0.264 e. The molecule has 160 valence electrons. The van der Waals surface area contributed by atoms with Gasteiger partial charge in [-0.2, -0.15) is 5.10 Å². The van der Waals surface area contributed by atoms with Crippen molar-refractivity contribution in [3.63, 3.8) is 0 Å². The summed E-state index contributed by atoms with van der Waals surface area (Å²) in [5.74, 6) is -0.160. The summed E-state index contributed by atoms with van der Waals surface area (Å²) in [7, 11) is 0. The summed E-state index contributed by atoms with van der Waals surface area (Å²) in [6.45, 7) is 3.25. The zero-order valence-corrected chi connectivity index (χ0v) is 17.6. The third kappa shape index (κ3) is 3.66. The third-order valence-electron chi connectivity index (χ3n) is 5.54. The van der Waals surface area contributed by atoms with Gasteiger partial charge in [0.1, 0.15) is 11.7 Å². The Morgan fingerprint density at radius 2 is 1.91 bits per heavy atom. The molecule has 0 atom stereocenters. The van der Waals surface area contributed by atoms with Crippen molar-refractivity contribution in [3.8, 4) is 0 Å². The Morgan fingerprint density at radius 3 is 2.75 bits per heavy atom. The summed E-state index contributed by atoms with van der Waals surface area (Å²) in [6.07, 6.45) is 4.80. The summed E-state index contributed by atoms with van der Waals surface area (Å²) >= 11 is 0. The van der Waals surface area contributed by atoms with Gasteiger partial charge in [-0.3, -0.25) is 14.2 Å². The largest absolute Gasteiger partial charge is 0.360 e. The van der Waals surface area contributed by atoms with Crippen molar-refractivity contribution in [1.29, 1.82) is 0 Å². The molecule has 8 nitrogen and oxygen atoms in total. The molecule has 2 aromatic carbocycles. The maximum Gasteiger partial charge on any atom is 0.264 e. The van der Waals surface area contributed by atoms with Crippen LogP contribution >= 0.6 is 0 Å². The highest BCUT2D eigenvalue weighted by Gasteiger charge is 2.13. The maximum absolute atomic E-state index is 12.9. The first-order valence-electron chi connectivity index (χ1n) is 10.4. The van der Waals surface area contributed by atoms with E-state index in [1.807, 2.05) is 55.5 Å². The maximum atomic E-state index is 12.9. The van der Waals surface area contributed by atoms with Gasteiger partial charge in [-0.1, -0.05) is 48.0 Å². The SMILES string of the molecule is Cc1ccc(Cn2cnc3c(cnn3CCNC(=O)c3c[nH]c4ccccc34)c2=O)cc1. The van der Waals surface area contributed by atoms with Crippen molar-refractivity contribution >= 4 is 27.8 Å². The van der Waals surface area contributed by atoms with Gasteiger partial charge in [0.25, 0.3) is 11.5 Å². The van der Waals surface area contributed by atoms with Gasteiger partial charge in [-0.15, -0.1) is 0 Å². The van der Waals surface area contributed by atoms with Crippen LogP contribution < -0.4 is 10.9 Å². The van der Waals surface area contributed by atoms with Crippen molar-refractivity contribution < 1.29 is 4.79 Å². The number of aromatic amines is 1. The molecule has 0 saturated heterocycles. The predicted octanol–water partition coefficient (Wildman–Crippen LogP) is 2.86. The molecule has 0 spiro atoms. The average Bonchev–Trinajstić information content (AvgIpc) is 3.42. The van der Waals surface area contributed by atoms with Crippen molar-refractivity contribution in [3.05, 3.63) is 94.3 Å². The fraction of sp³-hybridized carbons (Fsp3) is 0.167. The van der Waals surface area contributed by atoms with Gasteiger partial charge in [0.2, 0.25) is 0 Å². The Morgan fingerprint density at radius 1 is 1.09 bits per heavy atom. The number of nitrogens with zero attached hydrogens (tertiary/aromatic N) is 4. The van der Waals surface area contributed by atoms with Crippen LogP contribution in [0.4, 0.5) is 0 Å². The van der Waals surface area contributed by atoms with Gasteiger partial charge >= 0.3 is 0 Å². The zero-order valence-electron chi connectivity index (χ0n) is 17.6. The van der Waals surface area contributed by atoms with E-state index in [4.69, 9.17) is 0 Å². The fourth-order valence-corrected chi connectivity index (χ4v) is 3.79. The van der Waals surface area contributed by atoms with Crippen molar-refractivity contribution in [2.75, 3.05) is 6.54 Å². The van der Waals surface area contributed by atoms with E-state index in [0.717, 1.165) is 16.5 Å². The number of hydrogen-bond acceptors (Lipinski definition) is 4. The second kappa shape index (κ2) is 8.14. The second-order valence-corrected chi connectivity index (χ2v) is 7.77. The van der Waals surface area contributed by atoms with Gasteiger partial charge in [0.15, 0.2) is 5.65 Å². The minimum absolute atomic E-state index is 0.135. The van der Waals surface area contributed by atoms with Crippen LogP contribution in [-0.2, 0) is 13.1 Å². The first-order chi connectivity index (χ1) is 15.6. The molecule has 3 aromatic heterocycles. The first-order valence-corrected chi connectivity index (χ1v) is 10.4. The summed E-state index contributed by atoms with van der Waals surface area (Å²) in [4.78, 5) is 33.0. The molecule has 0 aliphatic rings. The molecule has 8 heteroatoms. The van der Waals surface area contributed by atoms with Crippen LogP contribution in [0.15, 0.2) is 72.0 Å². The number of carbonyl (C=O) groups is 1. The van der Waals surface area contributed by atoms with Crippen molar-refractivity contribution in [1.82, 2.24) is 29.6 Å². The number of benzene rings is 2. The van der Waals surface area contributed by atoms with E-state index in [1.54, 1.807) is 21.8 Å². The molecule has 1 amide bonds. The zero-order chi connectivity index (χ0) is 22.1. The average molecular weight is 426 g/mol. The van der Waals surface area contributed by atoms with E-state index in [-0.39, 0.29) is 11.5 Å². The second-order valence-electron chi connectivity index (χ2n) is 7.77. The lowest BCUT2D eigenvalue weighted by Gasteiger charge is -2.08. The summed E-state index contributed by atoms with van der Waals surface area (Å²) in [5.41, 5.74) is 4.10. The van der Waals surface area contributed by atoms with E-state index >= 15 is 0 Å². The fourth-order valence-electron chi connectivity index (χ4n) is 3.79. The monoisotopic (exact) mass is 426 g/mol. The molecular weight excluding hydrogens is 404 g/mol. The number of aromatic nitrogens is 5. The Hall–Kier alpha value is -4.20. The number of rotatable bonds is 6. The minimum atomic E-state index is -0.160. The van der Waals surface area contributed by atoms with Crippen LogP contribution in [0.2, 0.25) is 0 Å². The van der Waals surface area contributed by atoms with Crippen LogP contribution in [0, 0.1) is 6.92 Å². The number of hydrogen-bond donors (Lipinski definition) is 2. The first kappa shape index (κ1) is 19.7. The molecular formula is C24H22N6O2. The summed E-state index contributed by atoms with van der Waals surface area (Å²) in [6, 6.07) is 15.7. The Balaban J connectivity index is 1.29. The summed E-state index contributed by atoms with van der Waals surface area (Å²) < 4.78 is 3.22. The van der Waals surface area contributed by atoms with Gasteiger partial charge < -0.3 is 10.3 Å². The number of amides is 1. The molecule has 3 heterocycles. The topological polar surface area (TPSA) is 97.6 Å². The van der Waals surface area contributed by atoms with Crippen LogP contribution in [0.1, 0.15) is 21.5 Å². The third-order valence-corrected chi connectivity index (χ3v) is 5.54. The molecule has 5 rings (SSSR count). The lowest BCUT2D eigenvalue weighted by Crippen LogP contribution is -2.27. The highest BCUT2D eigenvalue weighted by molar-refractivity contribution is 6.06. The highest BCUT2D eigenvalue weighted by atomic mass is 16.1. The molecule has 0 bridgehead atoms. The van der Waals surface area contributed by atoms with Crippen molar-refractivity contribution in [2.24, 2.45) is 0 Å². The van der Waals surface area contributed by atoms with Crippen LogP contribution in [0.3, 0.4) is 0 Å². The molecule has 0 saturated carbocycles. The Bertz CT molecular complexity index is 1480. The molecule has 0 aliphatic heterocycles. The Labute approximate surface area is 183 Å². The molecule has 0 radical (unpaired) electrons. The van der Waals surface area contributed by atoms with E-state index in [1.165, 1.54) is 11.8 Å². The normalized spacial score (nSPS) is 11.3. The van der Waals surface area contributed by atoms with E-state index in [9.17, 15) is 9.59 Å². The molecule has 5 aromatic rings. The number of fused-ring (bicyclic) bond motifs is 2. The number of H-pyrrole nitrogens is 1. The van der Waals surface area contributed by atoms with E-state index in [0.29, 0.717) is 36.2 Å². The lowest BCUT2D eigenvalue weighted by atomic mass is 10.1. The number of aryl methyl sites for hydroxylation is 1. The van der Waals surface area contributed by atoms with E-state index in [2.05, 4.69) is 20.4 Å². The Kier molecular flexibility index (Phi) is 5.03. The van der Waals surface area contributed by atoms with Gasteiger partial charge in [-0.25, -0.2) is 9.67 Å². The van der Waals surface area contributed by atoms with E-state index < -0.39 is 0 Å². The standard InChI is InChI=1S/C24H22N6O2/c1-16-6-8-17(9-7-16)14-29-15-27-22-20(24(29)32)13-28-30(22)11-10-25-23(31)19-12-26-21-5-3-2-4-18(19)21/h2-9,12-13,15,26H,10-11,14H2,1H3,(H,25,31). The minimum Gasteiger partial charge on any atom is -0.360 e. The highest BCUT2D eigenvalue weighted by Crippen LogP contribution is 2.17. The molecule has 0 unspecified atom stereocenters. The van der Waals surface area contributed by atoms with Crippen LogP contribution in [0.5, 0.6) is 0 Å². The molecule has 0 aliphatic carbocycles. The summed E-state index contributed by atoms with van der Waals surface area (Å²) in [5, 5.41) is 8.56. The quantitative estimate of drug-likeness (QED) is 0.436. The lowest BCUT2D eigenvalue weighted by molar-refractivity contribution is 0.0953.